The van der Waals surface area contributed by atoms with Crippen LogP contribution in [0.4, 0.5) is 13.2 Å². The fraction of sp³-hybridized carbons (Fsp3) is 0.438. The van der Waals surface area contributed by atoms with Crippen molar-refractivity contribution >= 4 is 0 Å². The Hall–Kier alpha value is -2.06. The molecule has 0 spiro atoms. The van der Waals surface area contributed by atoms with Gasteiger partial charge in [-0.05, 0) is 30.5 Å². The number of nitrogens with one attached hydrogen (secondary N) is 1. The van der Waals surface area contributed by atoms with Crippen LogP contribution in [0.5, 0.6) is 5.75 Å². The molecule has 3 rings (SSSR count). The number of hydrogen-bond donors (Lipinski definition) is 1. The van der Waals surface area contributed by atoms with Crippen LogP contribution in [-0.2, 0) is 23.4 Å². The SMILES string of the molecule is COCc1cc(CNC2(c3ccc(OC(F)(F)F)cc3)CC2)no1. The van der Waals surface area contributed by atoms with Crippen LogP contribution in [0, 0.1) is 0 Å². The number of ether oxygens (including phenoxy) is 2. The molecule has 0 saturated heterocycles. The van der Waals surface area contributed by atoms with Gasteiger partial charge in [0.1, 0.15) is 12.4 Å². The van der Waals surface area contributed by atoms with Crippen LogP contribution in [0.2, 0.25) is 0 Å². The number of nitrogens with zero attached hydrogens (tertiary/aromatic N) is 1. The highest BCUT2D eigenvalue weighted by atomic mass is 19.4. The molecule has 0 amide bonds. The molecule has 0 radical (unpaired) electrons. The molecule has 0 unspecified atom stereocenters. The number of alkyl halides is 3. The predicted molar refractivity (Wildman–Crippen MR) is 78.1 cm³/mol. The van der Waals surface area contributed by atoms with E-state index in [-0.39, 0.29) is 11.3 Å². The highest BCUT2D eigenvalue weighted by molar-refractivity contribution is 5.35. The largest absolute Gasteiger partial charge is 0.573 e. The Morgan fingerprint density at radius 2 is 1.96 bits per heavy atom. The van der Waals surface area contributed by atoms with Gasteiger partial charge in [0.05, 0.1) is 5.69 Å². The second kappa shape index (κ2) is 6.45. The highest BCUT2D eigenvalue weighted by Crippen LogP contribution is 2.46. The van der Waals surface area contributed by atoms with Crippen LogP contribution >= 0.6 is 0 Å². The van der Waals surface area contributed by atoms with Crippen molar-refractivity contribution in [3.05, 3.63) is 47.3 Å². The molecule has 1 aromatic heterocycles. The van der Waals surface area contributed by atoms with E-state index in [4.69, 9.17) is 9.26 Å². The number of rotatable bonds is 7. The third-order valence-corrected chi connectivity index (χ3v) is 3.89. The monoisotopic (exact) mass is 342 g/mol. The van der Waals surface area contributed by atoms with Crippen LogP contribution in [0.25, 0.3) is 0 Å². The van der Waals surface area contributed by atoms with Gasteiger partial charge in [0, 0.05) is 25.3 Å². The minimum atomic E-state index is -4.68. The van der Waals surface area contributed by atoms with Gasteiger partial charge in [-0.2, -0.15) is 0 Å². The third kappa shape index (κ3) is 4.07. The zero-order valence-electron chi connectivity index (χ0n) is 13.0. The first-order chi connectivity index (χ1) is 11.4. The minimum Gasteiger partial charge on any atom is -0.406 e. The molecule has 8 heteroatoms. The maximum absolute atomic E-state index is 12.2. The zero-order valence-corrected chi connectivity index (χ0v) is 13.0. The van der Waals surface area contributed by atoms with Gasteiger partial charge in [-0.1, -0.05) is 17.3 Å². The summed E-state index contributed by atoms with van der Waals surface area (Å²) >= 11 is 0. The van der Waals surface area contributed by atoms with Crippen LogP contribution in [-0.4, -0.2) is 18.6 Å². The molecule has 2 aromatic rings. The quantitative estimate of drug-likeness (QED) is 0.835. The molecule has 1 aliphatic carbocycles. The summed E-state index contributed by atoms with van der Waals surface area (Å²) in [5, 5.41) is 7.35. The van der Waals surface area contributed by atoms with Crippen molar-refractivity contribution in [3.8, 4) is 5.75 Å². The van der Waals surface area contributed by atoms with E-state index in [0.29, 0.717) is 18.9 Å². The lowest BCUT2D eigenvalue weighted by atomic mass is 10.0. The fourth-order valence-corrected chi connectivity index (χ4v) is 2.58. The summed E-state index contributed by atoms with van der Waals surface area (Å²) in [4.78, 5) is 0. The molecule has 0 aliphatic heterocycles. The summed E-state index contributed by atoms with van der Waals surface area (Å²) < 4.78 is 50.6. The Kier molecular flexibility index (Phi) is 4.51. The molecule has 24 heavy (non-hydrogen) atoms. The van der Waals surface area contributed by atoms with Crippen LogP contribution in [0.3, 0.4) is 0 Å². The smallest absolute Gasteiger partial charge is 0.406 e. The Labute approximate surface area is 136 Å². The minimum absolute atomic E-state index is 0.220. The van der Waals surface area contributed by atoms with Gasteiger partial charge in [-0.25, -0.2) is 0 Å². The average molecular weight is 342 g/mol. The topological polar surface area (TPSA) is 56.5 Å². The first-order valence-corrected chi connectivity index (χ1v) is 7.45. The van der Waals surface area contributed by atoms with E-state index in [1.165, 1.54) is 12.1 Å². The summed E-state index contributed by atoms with van der Waals surface area (Å²) in [5.41, 5.74) is 1.46. The van der Waals surface area contributed by atoms with Gasteiger partial charge in [0.15, 0.2) is 5.76 Å². The molecule has 0 bridgehead atoms. The highest BCUT2D eigenvalue weighted by Gasteiger charge is 2.44. The normalized spacial score (nSPS) is 16.2. The lowest BCUT2D eigenvalue weighted by Gasteiger charge is -2.18. The number of benzene rings is 1. The maximum atomic E-state index is 12.2. The van der Waals surface area contributed by atoms with Crippen LogP contribution in [0.1, 0.15) is 29.9 Å². The molecule has 1 aliphatic rings. The standard InChI is InChI=1S/C16H17F3N2O3/c1-22-10-14-8-12(21-24-14)9-20-15(6-7-15)11-2-4-13(5-3-11)23-16(17,18)19/h2-5,8,20H,6-7,9-10H2,1H3. The second-order valence-corrected chi connectivity index (χ2v) is 5.73. The molecule has 1 saturated carbocycles. The molecule has 1 fully saturated rings. The van der Waals surface area contributed by atoms with E-state index in [1.807, 2.05) is 6.07 Å². The van der Waals surface area contributed by atoms with Crippen LogP contribution < -0.4 is 10.1 Å². The Bertz CT molecular complexity index is 679. The summed E-state index contributed by atoms with van der Waals surface area (Å²) in [6.07, 6.45) is -2.85. The predicted octanol–water partition coefficient (Wildman–Crippen LogP) is 3.50. The number of aromatic nitrogens is 1. The number of halogens is 3. The van der Waals surface area contributed by atoms with Gasteiger partial charge >= 0.3 is 6.36 Å². The lowest BCUT2D eigenvalue weighted by Crippen LogP contribution is -2.28. The van der Waals surface area contributed by atoms with Crippen LogP contribution in [0.15, 0.2) is 34.9 Å². The van der Waals surface area contributed by atoms with Gasteiger partial charge < -0.3 is 19.3 Å². The summed E-state index contributed by atoms with van der Waals surface area (Å²) in [7, 11) is 1.58. The van der Waals surface area contributed by atoms with Crippen molar-refractivity contribution in [3.63, 3.8) is 0 Å². The van der Waals surface area contributed by atoms with E-state index in [9.17, 15) is 13.2 Å². The van der Waals surface area contributed by atoms with E-state index < -0.39 is 6.36 Å². The molecule has 130 valence electrons. The molecular formula is C16H17F3N2O3. The molecule has 0 atom stereocenters. The first kappa shape index (κ1) is 16.8. The Morgan fingerprint density at radius 1 is 1.25 bits per heavy atom. The van der Waals surface area contributed by atoms with Crippen molar-refractivity contribution < 1.29 is 27.2 Å². The van der Waals surface area contributed by atoms with Crippen molar-refractivity contribution in [2.75, 3.05) is 7.11 Å². The lowest BCUT2D eigenvalue weighted by molar-refractivity contribution is -0.274. The van der Waals surface area contributed by atoms with Gasteiger partial charge in [-0.3, -0.25) is 0 Å². The average Bonchev–Trinajstić information content (AvgIpc) is 3.18. The Balaban J connectivity index is 1.61. The van der Waals surface area contributed by atoms with Gasteiger partial charge in [0.2, 0.25) is 0 Å². The zero-order chi connectivity index (χ0) is 17.2. The second-order valence-electron chi connectivity index (χ2n) is 5.73. The van der Waals surface area contributed by atoms with Crippen molar-refractivity contribution in [2.24, 2.45) is 0 Å². The molecule has 1 heterocycles. The molecular weight excluding hydrogens is 325 g/mol. The summed E-state index contributed by atoms with van der Waals surface area (Å²) in [5.74, 6) is 0.426. The van der Waals surface area contributed by atoms with Crippen molar-refractivity contribution in [2.45, 2.75) is 37.9 Å². The van der Waals surface area contributed by atoms with Gasteiger partial charge in [0.25, 0.3) is 0 Å². The first-order valence-electron chi connectivity index (χ1n) is 7.45. The van der Waals surface area contributed by atoms with E-state index >= 15 is 0 Å². The van der Waals surface area contributed by atoms with E-state index in [0.717, 1.165) is 24.1 Å². The van der Waals surface area contributed by atoms with E-state index in [2.05, 4.69) is 15.2 Å². The van der Waals surface area contributed by atoms with Crippen molar-refractivity contribution in [1.82, 2.24) is 10.5 Å². The summed E-state index contributed by atoms with van der Waals surface area (Å²) in [6, 6.07) is 7.78. The molecule has 1 aromatic carbocycles. The Morgan fingerprint density at radius 3 is 2.54 bits per heavy atom. The summed E-state index contributed by atoms with van der Waals surface area (Å²) in [6.45, 7) is 0.868. The molecule has 1 N–H and O–H groups in total. The number of hydrogen-bond acceptors (Lipinski definition) is 5. The fourth-order valence-electron chi connectivity index (χ4n) is 2.58. The third-order valence-electron chi connectivity index (χ3n) is 3.89. The maximum Gasteiger partial charge on any atom is 0.573 e. The van der Waals surface area contributed by atoms with E-state index in [1.54, 1.807) is 19.2 Å². The molecule has 5 nitrogen and oxygen atoms in total. The van der Waals surface area contributed by atoms with Crippen molar-refractivity contribution in [1.29, 1.82) is 0 Å². The number of methoxy groups -OCH3 is 1. The van der Waals surface area contributed by atoms with Gasteiger partial charge in [-0.15, -0.1) is 13.2 Å².